The molecular formula is C25H19N3O3S2. The number of sulfonamides is 1. The third-order valence-electron chi connectivity index (χ3n) is 5.21. The van der Waals surface area contributed by atoms with Crippen LogP contribution in [-0.2, 0) is 10.0 Å². The van der Waals surface area contributed by atoms with Crippen molar-refractivity contribution in [2.45, 2.75) is 11.8 Å². The molecule has 0 saturated heterocycles. The Balaban J connectivity index is 1.38. The summed E-state index contributed by atoms with van der Waals surface area (Å²) < 4.78 is 28.9. The molecule has 0 aliphatic heterocycles. The number of anilines is 2. The van der Waals surface area contributed by atoms with Gasteiger partial charge in [-0.25, -0.2) is 13.4 Å². The summed E-state index contributed by atoms with van der Waals surface area (Å²) in [6, 6.07) is 24.9. The van der Waals surface area contributed by atoms with Crippen LogP contribution in [-0.4, -0.2) is 19.3 Å². The van der Waals surface area contributed by atoms with Crippen LogP contribution in [0.25, 0.3) is 21.0 Å². The Morgan fingerprint density at radius 2 is 1.70 bits per heavy atom. The van der Waals surface area contributed by atoms with Gasteiger partial charge in [0.25, 0.3) is 15.9 Å². The number of aryl methyl sites for hydroxylation is 1. The third-order valence-corrected chi connectivity index (χ3v) is 7.63. The van der Waals surface area contributed by atoms with Gasteiger partial charge in [0.15, 0.2) is 5.13 Å². The number of rotatable bonds is 5. The van der Waals surface area contributed by atoms with Gasteiger partial charge in [0.05, 0.1) is 15.1 Å². The lowest BCUT2D eigenvalue weighted by Gasteiger charge is -2.10. The van der Waals surface area contributed by atoms with Crippen LogP contribution in [0, 0.1) is 6.92 Å². The number of hydrogen-bond donors (Lipinski definition) is 2. The number of amides is 1. The van der Waals surface area contributed by atoms with E-state index in [9.17, 15) is 13.2 Å². The summed E-state index contributed by atoms with van der Waals surface area (Å²) in [7, 11) is -3.76. The van der Waals surface area contributed by atoms with Gasteiger partial charge in [-0.1, -0.05) is 65.4 Å². The van der Waals surface area contributed by atoms with E-state index in [1.165, 1.54) is 17.4 Å². The number of fused-ring (bicyclic) bond motifs is 3. The van der Waals surface area contributed by atoms with Gasteiger partial charge < -0.3 is 0 Å². The van der Waals surface area contributed by atoms with Crippen LogP contribution in [0.5, 0.6) is 0 Å². The van der Waals surface area contributed by atoms with Crippen molar-refractivity contribution in [1.29, 1.82) is 0 Å². The minimum Gasteiger partial charge on any atom is -0.298 e. The Labute approximate surface area is 195 Å². The summed E-state index contributed by atoms with van der Waals surface area (Å²) >= 11 is 1.41. The highest BCUT2D eigenvalue weighted by molar-refractivity contribution is 7.92. The first-order chi connectivity index (χ1) is 15.9. The highest BCUT2D eigenvalue weighted by atomic mass is 32.2. The fourth-order valence-electron chi connectivity index (χ4n) is 3.53. The van der Waals surface area contributed by atoms with E-state index in [1.807, 2.05) is 43.3 Å². The zero-order valence-electron chi connectivity index (χ0n) is 17.6. The quantitative estimate of drug-likeness (QED) is 0.337. The molecule has 6 nitrogen and oxygen atoms in total. The van der Waals surface area contributed by atoms with Crippen molar-refractivity contribution in [3.05, 3.63) is 96.1 Å². The summed E-state index contributed by atoms with van der Waals surface area (Å²) in [6.45, 7) is 1.89. The molecule has 0 unspecified atom stereocenters. The van der Waals surface area contributed by atoms with Gasteiger partial charge in [-0.3, -0.25) is 14.8 Å². The molecular weight excluding hydrogens is 454 g/mol. The minimum atomic E-state index is -3.76. The van der Waals surface area contributed by atoms with Crippen molar-refractivity contribution in [1.82, 2.24) is 4.98 Å². The number of carbonyl (C=O) groups is 1. The van der Waals surface area contributed by atoms with E-state index in [4.69, 9.17) is 0 Å². The minimum absolute atomic E-state index is 0.157. The third kappa shape index (κ3) is 4.30. The summed E-state index contributed by atoms with van der Waals surface area (Å²) in [5.41, 5.74) is 2.41. The van der Waals surface area contributed by atoms with Crippen molar-refractivity contribution < 1.29 is 13.2 Å². The smallest absolute Gasteiger partial charge is 0.261 e. The SMILES string of the molecule is Cc1ccc(S(=O)(=O)Nc2cccc(C(=O)Nc3nc4ccc5ccccc5c4s3)c2)cc1. The molecule has 2 N–H and O–H groups in total. The highest BCUT2D eigenvalue weighted by Crippen LogP contribution is 2.33. The Morgan fingerprint density at radius 3 is 2.52 bits per heavy atom. The molecule has 0 saturated carbocycles. The number of carbonyl (C=O) groups excluding carboxylic acids is 1. The predicted molar refractivity (Wildman–Crippen MR) is 134 cm³/mol. The van der Waals surface area contributed by atoms with Crippen LogP contribution < -0.4 is 10.0 Å². The molecule has 0 spiro atoms. The van der Waals surface area contributed by atoms with Gasteiger partial charge in [0.1, 0.15) is 0 Å². The Morgan fingerprint density at radius 1 is 0.909 bits per heavy atom. The summed E-state index contributed by atoms with van der Waals surface area (Å²) in [5, 5.41) is 5.51. The molecule has 5 aromatic rings. The molecule has 1 aromatic heterocycles. The molecule has 164 valence electrons. The van der Waals surface area contributed by atoms with Crippen LogP contribution in [0.15, 0.2) is 89.8 Å². The van der Waals surface area contributed by atoms with Crippen LogP contribution >= 0.6 is 11.3 Å². The standard InChI is InChI=1S/C25H19N3O3S2/c1-16-9-12-20(13-10-16)33(30,31)28-19-7-4-6-18(15-19)24(29)27-25-26-22-14-11-17-5-2-3-8-21(17)23(22)32-25/h2-15,28H,1H3,(H,26,27,29). The molecule has 0 bridgehead atoms. The molecule has 1 amide bonds. The van der Waals surface area contributed by atoms with Crippen molar-refractivity contribution >= 4 is 59.1 Å². The van der Waals surface area contributed by atoms with Crippen LogP contribution in [0.2, 0.25) is 0 Å². The maximum atomic E-state index is 12.9. The zero-order chi connectivity index (χ0) is 23.0. The summed E-state index contributed by atoms with van der Waals surface area (Å²) in [6.07, 6.45) is 0. The second-order valence-corrected chi connectivity index (χ2v) is 10.3. The van der Waals surface area contributed by atoms with Gasteiger partial charge in [-0.2, -0.15) is 0 Å². The van der Waals surface area contributed by atoms with Gasteiger partial charge in [-0.15, -0.1) is 0 Å². The molecule has 33 heavy (non-hydrogen) atoms. The molecule has 5 rings (SSSR count). The molecule has 0 radical (unpaired) electrons. The Hall–Kier alpha value is -3.75. The van der Waals surface area contributed by atoms with Crippen molar-refractivity contribution in [2.75, 3.05) is 10.0 Å². The molecule has 0 aliphatic rings. The first-order valence-corrected chi connectivity index (χ1v) is 12.5. The van der Waals surface area contributed by atoms with E-state index < -0.39 is 10.0 Å². The largest absolute Gasteiger partial charge is 0.298 e. The fraction of sp³-hybridized carbons (Fsp3) is 0.0400. The van der Waals surface area contributed by atoms with Crippen molar-refractivity contribution in [3.63, 3.8) is 0 Å². The highest BCUT2D eigenvalue weighted by Gasteiger charge is 2.16. The summed E-state index contributed by atoms with van der Waals surface area (Å²) in [4.78, 5) is 17.5. The number of thiazole rings is 1. The van der Waals surface area contributed by atoms with Crippen LogP contribution in [0.1, 0.15) is 15.9 Å². The van der Waals surface area contributed by atoms with Crippen molar-refractivity contribution in [2.24, 2.45) is 0 Å². The van der Waals surface area contributed by atoms with E-state index >= 15 is 0 Å². The van der Waals surface area contributed by atoms with E-state index in [-0.39, 0.29) is 10.8 Å². The van der Waals surface area contributed by atoms with Gasteiger partial charge in [0, 0.05) is 16.6 Å². The van der Waals surface area contributed by atoms with Crippen LogP contribution in [0.4, 0.5) is 10.8 Å². The second-order valence-electron chi connectivity index (χ2n) is 7.61. The number of hydrogen-bond acceptors (Lipinski definition) is 5. The maximum absolute atomic E-state index is 12.9. The van der Waals surface area contributed by atoms with E-state index in [0.717, 1.165) is 26.6 Å². The predicted octanol–water partition coefficient (Wildman–Crippen LogP) is 5.81. The van der Waals surface area contributed by atoms with E-state index in [2.05, 4.69) is 15.0 Å². The number of nitrogens with zero attached hydrogens (tertiary/aromatic N) is 1. The van der Waals surface area contributed by atoms with Gasteiger partial charge >= 0.3 is 0 Å². The maximum Gasteiger partial charge on any atom is 0.261 e. The number of nitrogens with one attached hydrogen (secondary N) is 2. The Bertz CT molecular complexity index is 1610. The number of aromatic nitrogens is 1. The molecule has 4 aromatic carbocycles. The molecule has 8 heteroatoms. The molecule has 0 atom stereocenters. The fourth-order valence-corrected chi connectivity index (χ4v) is 5.58. The van der Waals surface area contributed by atoms with Crippen LogP contribution in [0.3, 0.4) is 0 Å². The van der Waals surface area contributed by atoms with Crippen molar-refractivity contribution in [3.8, 4) is 0 Å². The van der Waals surface area contributed by atoms with Gasteiger partial charge in [-0.05, 0) is 48.7 Å². The van der Waals surface area contributed by atoms with Gasteiger partial charge in [0.2, 0.25) is 0 Å². The average molecular weight is 474 g/mol. The van der Waals surface area contributed by atoms with E-state index in [1.54, 1.807) is 42.5 Å². The average Bonchev–Trinajstić information content (AvgIpc) is 3.22. The normalized spacial score (nSPS) is 11.5. The number of benzene rings is 4. The molecule has 0 aliphatic carbocycles. The first kappa shape index (κ1) is 21.1. The molecule has 1 heterocycles. The summed E-state index contributed by atoms with van der Waals surface area (Å²) in [5.74, 6) is -0.366. The topological polar surface area (TPSA) is 88.2 Å². The lowest BCUT2D eigenvalue weighted by Crippen LogP contribution is -2.15. The lowest BCUT2D eigenvalue weighted by molar-refractivity contribution is 0.102. The molecule has 0 fully saturated rings. The monoisotopic (exact) mass is 473 g/mol. The Kier molecular flexibility index (Phi) is 5.32. The second kappa shape index (κ2) is 8.31. The van der Waals surface area contributed by atoms with E-state index in [0.29, 0.717) is 16.4 Å². The first-order valence-electron chi connectivity index (χ1n) is 10.2. The zero-order valence-corrected chi connectivity index (χ0v) is 19.2. The lowest BCUT2D eigenvalue weighted by atomic mass is 10.1.